The second-order valence-electron chi connectivity index (χ2n) is 6.06. The van der Waals surface area contributed by atoms with Crippen LogP contribution >= 0.6 is 0 Å². The summed E-state index contributed by atoms with van der Waals surface area (Å²) in [5.74, 6) is 0.652. The fourth-order valence-electron chi connectivity index (χ4n) is 3.08. The first-order valence-corrected chi connectivity index (χ1v) is 7.73. The van der Waals surface area contributed by atoms with E-state index in [0.717, 1.165) is 24.0 Å². The van der Waals surface area contributed by atoms with Crippen LogP contribution in [0.1, 0.15) is 48.8 Å². The molecule has 0 N–H and O–H groups in total. The molecule has 1 aliphatic carbocycles. The van der Waals surface area contributed by atoms with Gasteiger partial charge in [-0.05, 0) is 43.9 Å². The lowest BCUT2D eigenvalue weighted by Crippen LogP contribution is -2.19. The number of hydrogen-bond donors (Lipinski definition) is 0. The predicted octanol–water partition coefficient (Wildman–Crippen LogP) is 4.18. The second kappa shape index (κ2) is 5.84. The van der Waals surface area contributed by atoms with Gasteiger partial charge in [-0.3, -0.25) is 0 Å². The molecule has 0 unspecified atom stereocenters. The van der Waals surface area contributed by atoms with E-state index in [1.54, 1.807) is 0 Å². The molecule has 1 heterocycles. The summed E-state index contributed by atoms with van der Waals surface area (Å²) in [6.45, 7) is 4.11. The van der Waals surface area contributed by atoms with E-state index in [0.29, 0.717) is 17.5 Å². The first-order chi connectivity index (χ1) is 10.1. The summed E-state index contributed by atoms with van der Waals surface area (Å²) in [4.78, 5) is 16.5. The Morgan fingerprint density at radius 3 is 2.67 bits per heavy atom. The Morgan fingerprint density at radius 2 is 1.95 bits per heavy atom. The molecule has 0 radical (unpaired) electrons. The van der Waals surface area contributed by atoms with Crippen LogP contribution in [0.15, 0.2) is 28.9 Å². The first-order valence-electron chi connectivity index (χ1n) is 7.73. The molecule has 110 valence electrons. The lowest BCUT2D eigenvalue weighted by atomic mass is 9.89. The minimum atomic E-state index is -0.310. The summed E-state index contributed by atoms with van der Waals surface area (Å²) >= 11 is 0. The number of aryl methyl sites for hydroxylation is 2. The fourth-order valence-corrected chi connectivity index (χ4v) is 3.08. The lowest BCUT2D eigenvalue weighted by molar-refractivity contribution is -0.130. The van der Waals surface area contributed by atoms with Crippen molar-refractivity contribution in [3.05, 3.63) is 40.6 Å². The number of cyclic esters (lactones) is 1. The molecule has 2 aliphatic rings. The highest BCUT2D eigenvalue weighted by Crippen LogP contribution is 2.29. The third kappa shape index (κ3) is 3.07. The van der Waals surface area contributed by atoms with Crippen molar-refractivity contribution in [2.24, 2.45) is 10.9 Å². The topological polar surface area (TPSA) is 38.7 Å². The van der Waals surface area contributed by atoms with Gasteiger partial charge in [0.05, 0.1) is 0 Å². The molecular weight excluding hydrogens is 262 g/mol. The van der Waals surface area contributed by atoms with Crippen molar-refractivity contribution < 1.29 is 9.53 Å². The van der Waals surface area contributed by atoms with E-state index >= 15 is 0 Å². The zero-order chi connectivity index (χ0) is 14.8. The Balaban J connectivity index is 1.85. The summed E-state index contributed by atoms with van der Waals surface area (Å²) in [5, 5.41) is 0. The van der Waals surface area contributed by atoms with Crippen molar-refractivity contribution in [2.45, 2.75) is 46.0 Å². The van der Waals surface area contributed by atoms with Gasteiger partial charge in [0.15, 0.2) is 5.70 Å². The molecule has 1 aromatic rings. The van der Waals surface area contributed by atoms with Crippen LogP contribution in [-0.2, 0) is 9.53 Å². The van der Waals surface area contributed by atoms with Crippen LogP contribution in [0.2, 0.25) is 0 Å². The van der Waals surface area contributed by atoms with Gasteiger partial charge in [0.2, 0.25) is 5.90 Å². The van der Waals surface area contributed by atoms with Crippen molar-refractivity contribution in [1.82, 2.24) is 0 Å². The van der Waals surface area contributed by atoms with E-state index < -0.39 is 0 Å². The molecule has 0 bridgehead atoms. The van der Waals surface area contributed by atoms with E-state index in [2.05, 4.69) is 18.0 Å². The Labute approximate surface area is 125 Å². The zero-order valence-corrected chi connectivity index (χ0v) is 12.7. The Bertz CT molecular complexity index is 622. The van der Waals surface area contributed by atoms with Gasteiger partial charge in [-0.1, -0.05) is 43.0 Å². The Kier molecular flexibility index (Phi) is 3.91. The normalized spacial score (nSPS) is 21.5. The van der Waals surface area contributed by atoms with Crippen molar-refractivity contribution in [3.63, 3.8) is 0 Å². The SMILES string of the molecule is Cc1ccc(/C=C2\N=C(C3CCCCC3)OC2=O)c(C)c1. The minimum Gasteiger partial charge on any atom is -0.406 e. The van der Waals surface area contributed by atoms with Crippen LogP contribution < -0.4 is 0 Å². The molecule has 0 aromatic heterocycles. The van der Waals surface area contributed by atoms with Crippen LogP contribution in [0.3, 0.4) is 0 Å². The number of benzene rings is 1. The quantitative estimate of drug-likeness (QED) is 0.603. The highest BCUT2D eigenvalue weighted by Gasteiger charge is 2.30. The van der Waals surface area contributed by atoms with Crippen LogP contribution in [0.4, 0.5) is 0 Å². The fraction of sp³-hybridized carbons (Fsp3) is 0.444. The Morgan fingerprint density at radius 1 is 1.19 bits per heavy atom. The molecule has 0 saturated heterocycles. The van der Waals surface area contributed by atoms with Gasteiger partial charge in [-0.2, -0.15) is 0 Å². The molecule has 1 fully saturated rings. The Hall–Kier alpha value is -1.90. The molecule has 3 nitrogen and oxygen atoms in total. The monoisotopic (exact) mass is 283 g/mol. The van der Waals surface area contributed by atoms with Gasteiger partial charge in [-0.25, -0.2) is 9.79 Å². The number of carbonyl (C=O) groups is 1. The lowest BCUT2D eigenvalue weighted by Gasteiger charge is -2.19. The molecular formula is C18H21NO2. The minimum absolute atomic E-state index is 0.310. The summed E-state index contributed by atoms with van der Waals surface area (Å²) in [5.41, 5.74) is 3.83. The molecule has 21 heavy (non-hydrogen) atoms. The number of aliphatic imine (C=N–C) groups is 1. The summed E-state index contributed by atoms with van der Waals surface area (Å²) in [6, 6.07) is 6.18. The molecule has 1 aromatic carbocycles. The van der Waals surface area contributed by atoms with E-state index in [-0.39, 0.29) is 5.97 Å². The average molecular weight is 283 g/mol. The van der Waals surface area contributed by atoms with Gasteiger partial charge < -0.3 is 4.74 Å². The maximum absolute atomic E-state index is 12.0. The standard InChI is InChI=1S/C18H21NO2/c1-12-8-9-15(13(2)10-12)11-16-18(20)21-17(19-16)14-6-4-3-5-7-14/h8-11,14H,3-7H2,1-2H3/b16-11-. The van der Waals surface area contributed by atoms with Crippen LogP contribution in [-0.4, -0.2) is 11.9 Å². The number of nitrogens with zero attached hydrogens (tertiary/aromatic N) is 1. The number of carbonyl (C=O) groups excluding carboxylic acids is 1. The van der Waals surface area contributed by atoms with E-state index in [1.807, 2.05) is 25.1 Å². The summed E-state index contributed by atoms with van der Waals surface area (Å²) < 4.78 is 5.39. The number of esters is 1. The third-order valence-electron chi connectivity index (χ3n) is 4.31. The van der Waals surface area contributed by atoms with Crippen LogP contribution in [0, 0.1) is 19.8 Å². The summed E-state index contributed by atoms with van der Waals surface area (Å²) in [7, 11) is 0. The first kappa shape index (κ1) is 14.1. The molecule has 0 spiro atoms. The van der Waals surface area contributed by atoms with Gasteiger partial charge >= 0.3 is 5.97 Å². The van der Waals surface area contributed by atoms with Gasteiger partial charge in [0.25, 0.3) is 0 Å². The smallest absolute Gasteiger partial charge is 0.363 e. The maximum Gasteiger partial charge on any atom is 0.363 e. The molecule has 1 saturated carbocycles. The number of hydrogen-bond acceptors (Lipinski definition) is 3. The van der Waals surface area contributed by atoms with Crippen LogP contribution in [0.5, 0.6) is 0 Å². The second-order valence-corrected chi connectivity index (χ2v) is 6.06. The highest BCUT2D eigenvalue weighted by molar-refractivity contribution is 6.07. The van der Waals surface area contributed by atoms with Gasteiger partial charge in [0.1, 0.15) is 0 Å². The van der Waals surface area contributed by atoms with Crippen molar-refractivity contribution >= 4 is 17.9 Å². The molecule has 3 rings (SSSR count). The van der Waals surface area contributed by atoms with Gasteiger partial charge in [0, 0.05) is 5.92 Å². The summed E-state index contributed by atoms with van der Waals surface area (Å²) in [6.07, 6.45) is 7.70. The van der Waals surface area contributed by atoms with Crippen molar-refractivity contribution in [3.8, 4) is 0 Å². The number of rotatable bonds is 2. The van der Waals surface area contributed by atoms with Crippen molar-refractivity contribution in [2.75, 3.05) is 0 Å². The zero-order valence-electron chi connectivity index (χ0n) is 12.7. The highest BCUT2D eigenvalue weighted by atomic mass is 16.6. The predicted molar refractivity (Wildman–Crippen MR) is 84.0 cm³/mol. The average Bonchev–Trinajstić information content (AvgIpc) is 2.84. The largest absolute Gasteiger partial charge is 0.406 e. The van der Waals surface area contributed by atoms with Crippen molar-refractivity contribution in [1.29, 1.82) is 0 Å². The number of ether oxygens (including phenoxy) is 1. The molecule has 0 atom stereocenters. The molecule has 0 amide bonds. The molecule has 3 heteroatoms. The van der Waals surface area contributed by atoms with E-state index in [1.165, 1.54) is 24.8 Å². The van der Waals surface area contributed by atoms with Gasteiger partial charge in [-0.15, -0.1) is 0 Å². The maximum atomic E-state index is 12.0. The third-order valence-corrected chi connectivity index (χ3v) is 4.31. The van der Waals surface area contributed by atoms with Crippen LogP contribution in [0.25, 0.3) is 6.08 Å². The van der Waals surface area contributed by atoms with E-state index in [9.17, 15) is 4.79 Å². The molecule has 1 aliphatic heterocycles. The van der Waals surface area contributed by atoms with E-state index in [4.69, 9.17) is 4.74 Å².